The van der Waals surface area contributed by atoms with Gasteiger partial charge in [0.05, 0.1) is 0 Å². The predicted octanol–water partition coefficient (Wildman–Crippen LogP) is 3.98. The highest BCUT2D eigenvalue weighted by molar-refractivity contribution is 6.74. The molecule has 1 atom stereocenters. The lowest BCUT2D eigenvalue weighted by Crippen LogP contribution is -2.43. The SMILES string of the molecule is C#CC(CCC=C)O[Si](C)(C)C(C)(C)C. The van der Waals surface area contributed by atoms with Crippen molar-refractivity contribution in [3.05, 3.63) is 12.7 Å². The van der Waals surface area contributed by atoms with Gasteiger partial charge in [0.25, 0.3) is 0 Å². The first-order valence-corrected chi connectivity index (χ1v) is 8.40. The Morgan fingerprint density at radius 3 is 2.33 bits per heavy atom. The average Bonchev–Trinajstić information content (AvgIpc) is 2.10. The summed E-state index contributed by atoms with van der Waals surface area (Å²) in [7, 11) is -1.72. The normalized spacial score (nSPS) is 14.4. The van der Waals surface area contributed by atoms with E-state index in [4.69, 9.17) is 10.8 Å². The third-order valence-corrected chi connectivity index (χ3v) is 7.55. The lowest BCUT2D eigenvalue weighted by Gasteiger charge is -2.38. The first-order valence-electron chi connectivity index (χ1n) is 5.49. The van der Waals surface area contributed by atoms with Gasteiger partial charge >= 0.3 is 0 Å². The second kappa shape index (κ2) is 5.53. The summed E-state index contributed by atoms with van der Waals surface area (Å²) in [4.78, 5) is 0. The van der Waals surface area contributed by atoms with E-state index in [0.717, 1.165) is 12.8 Å². The summed E-state index contributed by atoms with van der Waals surface area (Å²) in [6.45, 7) is 14.8. The molecule has 0 aliphatic heterocycles. The maximum Gasteiger partial charge on any atom is 0.193 e. The fourth-order valence-corrected chi connectivity index (χ4v) is 2.23. The van der Waals surface area contributed by atoms with Gasteiger partial charge in [0.1, 0.15) is 6.10 Å². The van der Waals surface area contributed by atoms with Crippen molar-refractivity contribution in [2.24, 2.45) is 0 Å². The van der Waals surface area contributed by atoms with Crippen LogP contribution in [0.3, 0.4) is 0 Å². The van der Waals surface area contributed by atoms with E-state index in [-0.39, 0.29) is 11.1 Å². The van der Waals surface area contributed by atoms with Crippen molar-refractivity contribution in [3.63, 3.8) is 0 Å². The minimum Gasteiger partial charge on any atom is -0.403 e. The molecule has 0 spiro atoms. The van der Waals surface area contributed by atoms with Gasteiger partial charge in [-0.05, 0) is 31.0 Å². The maximum atomic E-state index is 6.11. The number of hydrogen-bond acceptors (Lipinski definition) is 1. The zero-order chi connectivity index (χ0) is 12.1. The van der Waals surface area contributed by atoms with Crippen LogP contribution in [0.25, 0.3) is 0 Å². The zero-order valence-corrected chi connectivity index (χ0v) is 11.8. The molecule has 0 aliphatic carbocycles. The van der Waals surface area contributed by atoms with E-state index in [1.165, 1.54) is 0 Å². The summed E-state index contributed by atoms with van der Waals surface area (Å²) in [5.74, 6) is 2.73. The van der Waals surface area contributed by atoms with E-state index in [2.05, 4.69) is 46.4 Å². The van der Waals surface area contributed by atoms with E-state index in [1.54, 1.807) is 0 Å². The van der Waals surface area contributed by atoms with Crippen LogP contribution in [0.2, 0.25) is 18.1 Å². The molecule has 0 aliphatic rings. The van der Waals surface area contributed by atoms with Gasteiger partial charge in [-0.3, -0.25) is 0 Å². The summed E-state index contributed by atoms with van der Waals surface area (Å²) >= 11 is 0. The van der Waals surface area contributed by atoms with E-state index >= 15 is 0 Å². The minimum absolute atomic E-state index is 0.0520. The Labute approximate surface area is 96.0 Å². The molecule has 0 bridgehead atoms. The first kappa shape index (κ1) is 14.5. The van der Waals surface area contributed by atoms with E-state index in [9.17, 15) is 0 Å². The Hall–Kier alpha value is -0.523. The zero-order valence-electron chi connectivity index (χ0n) is 10.8. The van der Waals surface area contributed by atoms with Crippen molar-refractivity contribution in [2.45, 2.75) is 57.8 Å². The van der Waals surface area contributed by atoms with Crippen LogP contribution < -0.4 is 0 Å². The molecule has 0 aromatic carbocycles. The molecule has 86 valence electrons. The van der Waals surface area contributed by atoms with E-state index in [0.29, 0.717) is 0 Å². The van der Waals surface area contributed by atoms with Gasteiger partial charge in [-0.25, -0.2) is 0 Å². The highest BCUT2D eigenvalue weighted by atomic mass is 28.4. The molecule has 0 rings (SSSR count). The van der Waals surface area contributed by atoms with Crippen LogP contribution in [0.5, 0.6) is 0 Å². The highest BCUT2D eigenvalue weighted by Crippen LogP contribution is 2.37. The number of rotatable bonds is 5. The minimum atomic E-state index is -1.72. The molecule has 15 heavy (non-hydrogen) atoms. The van der Waals surface area contributed by atoms with Gasteiger partial charge in [0.2, 0.25) is 0 Å². The summed E-state index contributed by atoms with van der Waals surface area (Å²) in [5, 5.41) is 0.219. The molecule has 0 N–H and O–H groups in total. The van der Waals surface area contributed by atoms with Crippen molar-refractivity contribution < 1.29 is 4.43 Å². The molecular formula is C13H24OSi. The van der Waals surface area contributed by atoms with Crippen molar-refractivity contribution >= 4 is 8.32 Å². The monoisotopic (exact) mass is 224 g/mol. The number of terminal acetylenes is 1. The number of hydrogen-bond donors (Lipinski definition) is 0. The summed E-state index contributed by atoms with van der Waals surface area (Å²) in [6.07, 6.45) is 9.11. The van der Waals surface area contributed by atoms with Crippen molar-refractivity contribution in [1.29, 1.82) is 0 Å². The molecule has 0 heterocycles. The third-order valence-electron chi connectivity index (χ3n) is 3.06. The van der Waals surface area contributed by atoms with Crippen molar-refractivity contribution in [3.8, 4) is 12.3 Å². The van der Waals surface area contributed by atoms with Gasteiger partial charge < -0.3 is 4.43 Å². The van der Waals surface area contributed by atoms with Crippen LogP contribution in [-0.4, -0.2) is 14.4 Å². The molecule has 1 nitrogen and oxygen atoms in total. The Kier molecular flexibility index (Phi) is 5.34. The van der Waals surface area contributed by atoms with Gasteiger partial charge in [0.15, 0.2) is 8.32 Å². The topological polar surface area (TPSA) is 9.23 Å². The molecule has 0 saturated heterocycles. The Morgan fingerprint density at radius 1 is 1.47 bits per heavy atom. The lowest BCUT2D eigenvalue weighted by molar-refractivity contribution is 0.225. The summed E-state index contributed by atoms with van der Waals surface area (Å²) in [5.41, 5.74) is 0. The quantitative estimate of drug-likeness (QED) is 0.390. The number of allylic oxidation sites excluding steroid dienone is 1. The smallest absolute Gasteiger partial charge is 0.193 e. The lowest BCUT2D eigenvalue weighted by atomic mass is 10.2. The van der Waals surface area contributed by atoms with Crippen LogP contribution in [-0.2, 0) is 4.43 Å². The third kappa shape index (κ3) is 4.68. The summed E-state index contributed by atoms with van der Waals surface area (Å²) < 4.78 is 6.11. The molecule has 2 heteroatoms. The Balaban J connectivity index is 4.42. The Morgan fingerprint density at radius 2 is 2.00 bits per heavy atom. The molecule has 0 saturated carbocycles. The van der Waals surface area contributed by atoms with Gasteiger partial charge in [-0.15, -0.1) is 13.0 Å². The van der Waals surface area contributed by atoms with Crippen LogP contribution in [0.1, 0.15) is 33.6 Å². The maximum absolute atomic E-state index is 6.11. The molecular weight excluding hydrogens is 200 g/mol. The van der Waals surface area contributed by atoms with Gasteiger partial charge in [-0.2, -0.15) is 0 Å². The largest absolute Gasteiger partial charge is 0.403 e. The van der Waals surface area contributed by atoms with E-state index < -0.39 is 8.32 Å². The average molecular weight is 224 g/mol. The molecule has 1 unspecified atom stereocenters. The fraction of sp³-hybridized carbons (Fsp3) is 0.692. The van der Waals surface area contributed by atoms with Crippen molar-refractivity contribution in [2.75, 3.05) is 0 Å². The second-order valence-corrected chi connectivity index (χ2v) is 10.2. The van der Waals surface area contributed by atoms with Crippen LogP contribution in [0.4, 0.5) is 0 Å². The first-order chi connectivity index (χ1) is 6.74. The van der Waals surface area contributed by atoms with E-state index in [1.807, 2.05) is 6.08 Å². The van der Waals surface area contributed by atoms with Crippen LogP contribution >= 0.6 is 0 Å². The molecule has 0 aromatic heterocycles. The highest BCUT2D eigenvalue weighted by Gasteiger charge is 2.38. The van der Waals surface area contributed by atoms with Gasteiger partial charge in [0, 0.05) is 0 Å². The van der Waals surface area contributed by atoms with Crippen LogP contribution in [0, 0.1) is 12.3 Å². The molecule has 0 aromatic rings. The van der Waals surface area contributed by atoms with Crippen molar-refractivity contribution in [1.82, 2.24) is 0 Å². The second-order valence-electron chi connectivity index (χ2n) is 5.40. The summed E-state index contributed by atoms with van der Waals surface area (Å²) in [6, 6.07) is 0. The molecule has 0 radical (unpaired) electrons. The van der Waals surface area contributed by atoms with Gasteiger partial charge in [-0.1, -0.05) is 32.8 Å². The fourth-order valence-electron chi connectivity index (χ4n) is 0.978. The molecule has 0 fully saturated rings. The standard InChI is InChI=1S/C13H24OSi/c1-8-10-11-12(9-2)14-15(6,7)13(3,4)5/h2,8,12H,1,10-11H2,3-7H3. The van der Waals surface area contributed by atoms with Crippen LogP contribution in [0.15, 0.2) is 12.7 Å². The predicted molar refractivity (Wildman–Crippen MR) is 70.3 cm³/mol. The molecule has 0 amide bonds. The Bertz CT molecular complexity index is 242.